The first-order valence-corrected chi connectivity index (χ1v) is 5.02. The Morgan fingerprint density at radius 1 is 1.60 bits per heavy atom. The molecule has 0 atom stereocenters. The van der Waals surface area contributed by atoms with Gasteiger partial charge in [0.1, 0.15) is 12.1 Å². The zero-order chi connectivity index (χ0) is 11.3. The van der Waals surface area contributed by atoms with E-state index < -0.39 is 0 Å². The first-order valence-electron chi connectivity index (χ1n) is 5.02. The highest BCUT2D eigenvalue weighted by Gasteiger charge is 2.10. The predicted octanol–water partition coefficient (Wildman–Crippen LogP) is 1.07. The van der Waals surface area contributed by atoms with Gasteiger partial charge in [0.2, 0.25) is 0 Å². The molecule has 0 unspecified atom stereocenters. The first kappa shape index (κ1) is 11.7. The second kappa shape index (κ2) is 5.46. The van der Waals surface area contributed by atoms with Crippen LogP contribution in [-0.2, 0) is 11.3 Å². The zero-order valence-electron chi connectivity index (χ0n) is 9.18. The van der Waals surface area contributed by atoms with Crippen molar-refractivity contribution in [1.82, 2.24) is 9.88 Å². The van der Waals surface area contributed by atoms with Crippen molar-refractivity contribution < 1.29 is 4.79 Å². The monoisotopic (exact) mass is 207 g/mol. The Kier molecular flexibility index (Phi) is 4.24. The maximum atomic E-state index is 10.5. The van der Waals surface area contributed by atoms with E-state index in [1.807, 2.05) is 17.0 Å². The van der Waals surface area contributed by atoms with E-state index >= 15 is 0 Å². The number of rotatable bonds is 5. The number of hydrogen-bond donors (Lipinski definition) is 1. The number of carbonyl (C=O) groups excluding carboxylic acids is 1. The van der Waals surface area contributed by atoms with Crippen LogP contribution in [0.5, 0.6) is 0 Å². The highest BCUT2D eigenvalue weighted by Crippen LogP contribution is 2.11. The summed E-state index contributed by atoms with van der Waals surface area (Å²) in [5, 5.41) is 0. The molecule has 0 fully saturated rings. The minimum atomic E-state index is 0.315. The van der Waals surface area contributed by atoms with Gasteiger partial charge in [0.15, 0.2) is 0 Å². The van der Waals surface area contributed by atoms with Gasteiger partial charge in [-0.1, -0.05) is 6.07 Å². The first-order chi connectivity index (χ1) is 7.15. The predicted molar refractivity (Wildman–Crippen MR) is 60.3 cm³/mol. The van der Waals surface area contributed by atoms with Gasteiger partial charge in [-0.15, -0.1) is 0 Å². The van der Waals surface area contributed by atoms with E-state index in [2.05, 4.69) is 18.8 Å². The molecule has 0 saturated carbocycles. The summed E-state index contributed by atoms with van der Waals surface area (Å²) in [7, 11) is 0. The minimum absolute atomic E-state index is 0.315. The third kappa shape index (κ3) is 3.32. The average Bonchev–Trinajstić information content (AvgIpc) is 2.20. The Morgan fingerprint density at radius 2 is 2.33 bits per heavy atom. The number of carbonyl (C=O) groups is 1. The molecule has 2 N–H and O–H groups in total. The summed E-state index contributed by atoms with van der Waals surface area (Å²) in [6.45, 7) is 5.19. The number of aldehydes is 1. The molecule has 0 aliphatic carbocycles. The SMILES string of the molecule is CC(C)N(CC=O)Cc1cccnc1N. The van der Waals surface area contributed by atoms with Crippen molar-refractivity contribution in [1.29, 1.82) is 0 Å². The fourth-order valence-electron chi connectivity index (χ4n) is 1.36. The molecule has 0 aromatic carbocycles. The fraction of sp³-hybridized carbons (Fsp3) is 0.455. The molecule has 1 heterocycles. The molecule has 82 valence electrons. The Balaban J connectivity index is 2.73. The number of hydrogen-bond acceptors (Lipinski definition) is 4. The highest BCUT2D eigenvalue weighted by atomic mass is 16.1. The van der Waals surface area contributed by atoms with E-state index in [9.17, 15) is 4.79 Å². The van der Waals surface area contributed by atoms with Gasteiger partial charge in [0.05, 0.1) is 6.54 Å². The average molecular weight is 207 g/mol. The normalized spacial score (nSPS) is 10.9. The van der Waals surface area contributed by atoms with Crippen molar-refractivity contribution in [3.8, 4) is 0 Å². The third-order valence-corrected chi connectivity index (χ3v) is 2.34. The zero-order valence-corrected chi connectivity index (χ0v) is 9.18. The van der Waals surface area contributed by atoms with Crippen molar-refractivity contribution in [3.63, 3.8) is 0 Å². The summed E-state index contributed by atoms with van der Waals surface area (Å²) in [6, 6.07) is 4.10. The molecule has 1 rings (SSSR count). The van der Waals surface area contributed by atoms with E-state index in [1.54, 1.807) is 6.20 Å². The molecule has 0 aliphatic rings. The number of anilines is 1. The molecular formula is C11H17N3O. The topological polar surface area (TPSA) is 59.2 Å². The number of aromatic nitrogens is 1. The van der Waals surface area contributed by atoms with Crippen LogP contribution < -0.4 is 5.73 Å². The summed E-state index contributed by atoms with van der Waals surface area (Å²) in [5.41, 5.74) is 6.70. The van der Waals surface area contributed by atoms with Crippen molar-refractivity contribution >= 4 is 12.1 Å². The Morgan fingerprint density at radius 3 is 2.87 bits per heavy atom. The molecule has 0 saturated heterocycles. The van der Waals surface area contributed by atoms with Crippen LogP contribution >= 0.6 is 0 Å². The van der Waals surface area contributed by atoms with E-state index in [4.69, 9.17) is 5.73 Å². The number of nitrogens with zero attached hydrogens (tertiary/aromatic N) is 2. The summed E-state index contributed by atoms with van der Waals surface area (Å²) in [5.74, 6) is 0.536. The van der Waals surface area contributed by atoms with E-state index in [0.29, 0.717) is 24.9 Å². The van der Waals surface area contributed by atoms with Crippen molar-refractivity contribution in [2.24, 2.45) is 0 Å². The molecule has 4 nitrogen and oxygen atoms in total. The second-order valence-corrected chi connectivity index (χ2v) is 3.74. The van der Waals surface area contributed by atoms with Crippen LogP contribution in [0.15, 0.2) is 18.3 Å². The molecule has 4 heteroatoms. The van der Waals surface area contributed by atoms with E-state index in [-0.39, 0.29) is 0 Å². The quantitative estimate of drug-likeness (QED) is 0.734. The van der Waals surface area contributed by atoms with E-state index in [1.165, 1.54) is 0 Å². The minimum Gasteiger partial charge on any atom is -0.383 e. The number of nitrogen functional groups attached to an aromatic ring is 1. The van der Waals surface area contributed by atoms with Gasteiger partial charge in [-0.3, -0.25) is 4.90 Å². The molecule has 15 heavy (non-hydrogen) atoms. The third-order valence-electron chi connectivity index (χ3n) is 2.34. The lowest BCUT2D eigenvalue weighted by atomic mass is 10.2. The largest absolute Gasteiger partial charge is 0.383 e. The molecule has 0 aliphatic heterocycles. The maximum absolute atomic E-state index is 10.5. The smallest absolute Gasteiger partial charge is 0.134 e. The van der Waals surface area contributed by atoms with Crippen LogP contribution in [0.1, 0.15) is 19.4 Å². The van der Waals surface area contributed by atoms with Gasteiger partial charge < -0.3 is 10.5 Å². The van der Waals surface area contributed by atoms with Crippen LogP contribution in [-0.4, -0.2) is 28.8 Å². The van der Waals surface area contributed by atoms with Gasteiger partial charge in [0, 0.05) is 24.3 Å². The lowest BCUT2D eigenvalue weighted by Crippen LogP contribution is -2.32. The Bertz CT molecular complexity index is 325. The van der Waals surface area contributed by atoms with E-state index in [0.717, 1.165) is 11.8 Å². The van der Waals surface area contributed by atoms with Gasteiger partial charge in [-0.2, -0.15) is 0 Å². The van der Waals surface area contributed by atoms with Crippen LogP contribution in [0.3, 0.4) is 0 Å². The highest BCUT2D eigenvalue weighted by molar-refractivity contribution is 5.52. The van der Waals surface area contributed by atoms with Gasteiger partial charge >= 0.3 is 0 Å². The number of nitrogens with two attached hydrogens (primary N) is 1. The van der Waals surface area contributed by atoms with Crippen LogP contribution in [0, 0.1) is 0 Å². The lowest BCUT2D eigenvalue weighted by Gasteiger charge is -2.24. The molecule has 1 aromatic heterocycles. The van der Waals surface area contributed by atoms with Gasteiger partial charge in [-0.25, -0.2) is 4.98 Å². The lowest BCUT2D eigenvalue weighted by molar-refractivity contribution is -0.109. The Hall–Kier alpha value is -1.42. The number of pyridine rings is 1. The summed E-state index contributed by atoms with van der Waals surface area (Å²) in [4.78, 5) is 16.6. The Labute approximate surface area is 90.1 Å². The fourth-order valence-corrected chi connectivity index (χ4v) is 1.36. The van der Waals surface area contributed by atoms with Crippen LogP contribution in [0.4, 0.5) is 5.82 Å². The van der Waals surface area contributed by atoms with Gasteiger partial charge in [0.25, 0.3) is 0 Å². The van der Waals surface area contributed by atoms with Gasteiger partial charge in [-0.05, 0) is 19.9 Å². The van der Waals surface area contributed by atoms with Crippen LogP contribution in [0.2, 0.25) is 0 Å². The second-order valence-electron chi connectivity index (χ2n) is 3.74. The maximum Gasteiger partial charge on any atom is 0.134 e. The standard InChI is InChI=1S/C11H17N3O/c1-9(2)14(6-7-15)8-10-4-3-5-13-11(10)12/h3-5,7,9H,6,8H2,1-2H3,(H2,12,13). The van der Waals surface area contributed by atoms with Crippen molar-refractivity contribution in [2.75, 3.05) is 12.3 Å². The molecular weight excluding hydrogens is 190 g/mol. The molecule has 0 radical (unpaired) electrons. The molecule has 0 amide bonds. The molecule has 0 spiro atoms. The van der Waals surface area contributed by atoms with Crippen molar-refractivity contribution in [3.05, 3.63) is 23.9 Å². The van der Waals surface area contributed by atoms with Crippen LogP contribution in [0.25, 0.3) is 0 Å². The molecule has 0 bridgehead atoms. The summed E-state index contributed by atoms with van der Waals surface area (Å²) < 4.78 is 0. The summed E-state index contributed by atoms with van der Waals surface area (Å²) in [6.07, 6.45) is 2.57. The molecule has 1 aromatic rings. The summed E-state index contributed by atoms with van der Waals surface area (Å²) >= 11 is 0. The van der Waals surface area contributed by atoms with Crippen molar-refractivity contribution in [2.45, 2.75) is 26.4 Å².